The standard InChI is InChI=1S/C25H33N3O4S/c1-17(2)23(27-24(29)20-11-8-18(3)9-12-20)25(30)26-22-16-21(13-10-19(22)4)33(31,32)28-14-6-5-7-15-28/h8-13,16-17,23H,5-7,14-15H2,1-4H3,(H,26,30)(H,27,29)/t23-/m0/s1. The Labute approximate surface area is 196 Å². The van der Waals surface area contributed by atoms with E-state index in [-0.39, 0.29) is 22.6 Å². The molecule has 0 aliphatic carbocycles. The number of hydrogen-bond acceptors (Lipinski definition) is 4. The molecule has 1 aliphatic heterocycles. The van der Waals surface area contributed by atoms with Crippen LogP contribution < -0.4 is 10.6 Å². The summed E-state index contributed by atoms with van der Waals surface area (Å²) < 4.78 is 27.6. The maximum absolute atomic E-state index is 13.1. The molecular weight excluding hydrogens is 438 g/mol. The lowest BCUT2D eigenvalue weighted by atomic mass is 10.0. The van der Waals surface area contributed by atoms with Crippen LogP contribution in [0, 0.1) is 19.8 Å². The van der Waals surface area contributed by atoms with Gasteiger partial charge in [0.2, 0.25) is 15.9 Å². The van der Waals surface area contributed by atoms with Crippen molar-refractivity contribution in [2.75, 3.05) is 18.4 Å². The van der Waals surface area contributed by atoms with E-state index in [2.05, 4.69) is 10.6 Å². The smallest absolute Gasteiger partial charge is 0.251 e. The molecule has 2 aromatic rings. The Morgan fingerprint density at radius 3 is 2.18 bits per heavy atom. The lowest BCUT2D eigenvalue weighted by molar-refractivity contribution is -0.118. The number of sulfonamides is 1. The summed E-state index contributed by atoms with van der Waals surface area (Å²) in [7, 11) is -3.62. The van der Waals surface area contributed by atoms with Crippen molar-refractivity contribution in [1.82, 2.24) is 9.62 Å². The average Bonchev–Trinajstić information content (AvgIpc) is 2.79. The van der Waals surface area contributed by atoms with Gasteiger partial charge in [-0.05, 0) is 62.4 Å². The molecule has 0 radical (unpaired) electrons. The van der Waals surface area contributed by atoms with Crippen LogP contribution in [-0.4, -0.2) is 43.7 Å². The van der Waals surface area contributed by atoms with Crippen molar-refractivity contribution < 1.29 is 18.0 Å². The second-order valence-corrected chi connectivity index (χ2v) is 10.9. The third-order valence-corrected chi connectivity index (χ3v) is 7.86. The van der Waals surface area contributed by atoms with E-state index in [9.17, 15) is 18.0 Å². The molecule has 0 spiro atoms. The number of anilines is 1. The molecule has 0 aromatic heterocycles. The van der Waals surface area contributed by atoms with E-state index in [1.165, 1.54) is 10.4 Å². The predicted molar refractivity (Wildman–Crippen MR) is 130 cm³/mol. The van der Waals surface area contributed by atoms with Gasteiger partial charge in [-0.25, -0.2) is 8.42 Å². The van der Waals surface area contributed by atoms with Gasteiger partial charge in [-0.3, -0.25) is 9.59 Å². The summed E-state index contributed by atoms with van der Waals surface area (Å²) >= 11 is 0. The van der Waals surface area contributed by atoms with Crippen LogP contribution in [0.25, 0.3) is 0 Å². The van der Waals surface area contributed by atoms with Crippen LogP contribution in [0.5, 0.6) is 0 Å². The largest absolute Gasteiger partial charge is 0.340 e. The Hall–Kier alpha value is -2.71. The van der Waals surface area contributed by atoms with Crippen molar-refractivity contribution in [2.45, 2.75) is 57.9 Å². The average molecular weight is 472 g/mol. The van der Waals surface area contributed by atoms with Gasteiger partial charge in [0, 0.05) is 24.3 Å². The van der Waals surface area contributed by atoms with Gasteiger partial charge in [0.1, 0.15) is 6.04 Å². The number of rotatable bonds is 7. The zero-order chi connectivity index (χ0) is 24.2. The second kappa shape index (κ2) is 10.5. The Bertz CT molecular complexity index is 1100. The third-order valence-electron chi connectivity index (χ3n) is 5.97. The number of amides is 2. The van der Waals surface area contributed by atoms with E-state index in [0.717, 1.165) is 30.4 Å². The minimum atomic E-state index is -3.62. The molecule has 2 amide bonds. The molecule has 7 nitrogen and oxygen atoms in total. The summed E-state index contributed by atoms with van der Waals surface area (Å²) in [5.74, 6) is -0.886. The minimum Gasteiger partial charge on any atom is -0.340 e. The maximum atomic E-state index is 13.1. The Morgan fingerprint density at radius 1 is 0.939 bits per heavy atom. The molecule has 33 heavy (non-hydrogen) atoms. The summed E-state index contributed by atoms with van der Waals surface area (Å²) in [6.07, 6.45) is 2.74. The number of benzene rings is 2. The highest BCUT2D eigenvalue weighted by Gasteiger charge is 2.28. The molecule has 0 bridgehead atoms. The van der Waals surface area contributed by atoms with Crippen LogP contribution in [0.1, 0.15) is 54.6 Å². The van der Waals surface area contributed by atoms with Gasteiger partial charge >= 0.3 is 0 Å². The number of nitrogens with one attached hydrogen (secondary N) is 2. The third kappa shape index (κ3) is 6.00. The van der Waals surface area contributed by atoms with Crippen LogP contribution in [0.15, 0.2) is 47.4 Å². The molecule has 1 fully saturated rings. The highest BCUT2D eigenvalue weighted by atomic mass is 32.2. The number of carbonyl (C=O) groups excluding carboxylic acids is 2. The lowest BCUT2D eigenvalue weighted by Gasteiger charge is -2.26. The first-order chi connectivity index (χ1) is 15.6. The van der Waals surface area contributed by atoms with Crippen molar-refractivity contribution in [3.05, 3.63) is 59.2 Å². The number of carbonyl (C=O) groups is 2. The topological polar surface area (TPSA) is 95.6 Å². The van der Waals surface area contributed by atoms with Gasteiger partial charge in [0.25, 0.3) is 5.91 Å². The fourth-order valence-electron chi connectivity index (χ4n) is 3.83. The Morgan fingerprint density at radius 2 is 1.58 bits per heavy atom. The normalized spacial score (nSPS) is 15.8. The van der Waals surface area contributed by atoms with Gasteiger partial charge in [-0.1, -0.05) is 44.0 Å². The molecular formula is C25H33N3O4S. The monoisotopic (exact) mass is 471 g/mol. The summed E-state index contributed by atoms with van der Waals surface area (Å²) in [6.45, 7) is 8.47. The zero-order valence-electron chi connectivity index (χ0n) is 19.7. The van der Waals surface area contributed by atoms with Crippen LogP contribution in [0.4, 0.5) is 5.69 Å². The second-order valence-electron chi connectivity index (χ2n) is 8.99. The van der Waals surface area contributed by atoms with E-state index < -0.39 is 16.1 Å². The number of aryl methyl sites for hydroxylation is 2. The fourth-order valence-corrected chi connectivity index (χ4v) is 5.37. The molecule has 178 valence electrons. The van der Waals surface area contributed by atoms with Gasteiger partial charge in [-0.15, -0.1) is 0 Å². The molecule has 0 unspecified atom stereocenters. The van der Waals surface area contributed by atoms with Crippen molar-refractivity contribution in [1.29, 1.82) is 0 Å². The fraction of sp³-hybridized carbons (Fsp3) is 0.440. The molecule has 1 atom stereocenters. The van der Waals surface area contributed by atoms with Crippen LogP contribution in [-0.2, 0) is 14.8 Å². The summed E-state index contributed by atoms with van der Waals surface area (Å²) in [4.78, 5) is 25.9. The number of nitrogens with zero attached hydrogens (tertiary/aromatic N) is 1. The molecule has 1 saturated heterocycles. The van der Waals surface area contributed by atoms with Gasteiger partial charge in [-0.2, -0.15) is 4.31 Å². The number of piperidine rings is 1. The first-order valence-electron chi connectivity index (χ1n) is 11.4. The first-order valence-corrected chi connectivity index (χ1v) is 12.8. The van der Waals surface area contributed by atoms with Crippen molar-refractivity contribution in [3.8, 4) is 0 Å². The SMILES string of the molecule is Cc1ccc(C(=O)N[C@H](C(=O)Nc2cc(S(=O)(=O)N3CCCCC3)ccc2C)C(C)C)cc1. The molecule has 2 N–H and O–H groups in total. The summed E-state index contributed by atoms with van der Waals surface area (Å²) in [5.41, 5.74) is 2.69. The molecule has 8 heteroatoms. The Kier molecular flexibility index (Phi) is 7.92. The van der Waals surface area contributed by atoms with E-state index in [1.807, 2.05) is 39.8 Å². The van der Waals surface area contributed by atoms with E-state index in [0.29, 0.717) is 24.3 Å². The van der Waals surface area contributed by atoms with Gasteiger partial charge in [0.15, 0.2) is 0 Å². The predicted octanol–water partition coefficient (Wildman–Crippen LogP) is 3.87. The summed E-state index contributed by atoms with van der Waals surface area (Å²) in [5, 5.41) is 5.65. The van der Waals surface area contributed by atoms with Crippen LogP contribution in [0.2, 0.25) is 0 Å². The first kappa shape index (κ1) is 24.9. The number of hydrogen-bond donors (Lipinski definition) is 2. The van der Waals surface area contributed by atoms with Crippen LogP contribution in [0.3, 0.4) is 0 Å². The Balaban J connectivity index is 1.78. The van der Waals surface area contributed by atoms with Crippen molar-refractivity contribution in [3.63, 3.8) is 0 Å². The molecule has 1 aliphatic rings. The van der Waals surface area contributed by atoms with Gasteiger partial charge in [0.05, 0.1) is 4.90 Å². The lowest BCUT2D eigenvalue weighted by Crippen LogP contribution is -2.47. The summed E-state index contributed by atoms with van der Waals surface area (Å²) in [6, 6.07) is 11.1. The minimum absolute atomic E-state index is 0.162. The van der Waals surface area contributed by atoms with Crippen molar-refractivity contribution >= 4 is 27.5 Å². The maximum Gasteiger partial charge on any atom is 0.251 e. The molecule has 0 saturated carbocycles. The van der Waals surface area contributed by atoms with E-state index >= 15 is 0 Å². The van der Waals surface area contributed by atoms with Gasteiger partial charge < -0.3 is 10.6 Å². The molecule has 1 heterocycles. The zero-order valence-corrected chi connectivity index (χ0v) is 20.5. The van der Waals surface area contributed by atoms with Crippen molar-refractivity contribution in [2.24, 2.45) is 5.92 Å². The quantitative estimate of drug-likeness (QED) is 0.641. The van der Waals surface area contributed by atoms with Crippen LogP contribution >= 0.6 is 0 Å². The highest BCUT2D eigenvalue weighted by molar-refractivity contribution is 7.89. The highest BCUT2D eigenvalue weighted by Crippen LogP contribution is 2.25. The molecule has 2 aromatic carbocycles. The molecule has 3 rings (SSSR count). The van der Waals surface area contributed by atoms with E-state index in [1.54, 1.807) is 24.3 Å². The van der Waals surface area contributed by atoms with E-state index in [4.69, 9.17) is 0 Å².